The first-order chi connectivity index (χ1) is 6.29. The van der Waals surface area contributed by atoms with Gasteiger partial charge in [-0.3, -0.25) is 0 Å². The number of allylic oxidation sites excluding steroid dienone is 2. The fourth-order valence-corrected chi connectivity index (χ4v) is 1.29. The van der Waals surface area contributed by atoms with Gasteiger partial charge in [-0.05, 0) is 31.4 Å². The lowest BCUT2D eigenvalue weighted by Crippen LogP contribution is -2.03. The van der Waals surface area contributed by atoms with Crippen LogP contribution in [0.3, 0.4) is 0 Å². The molecule has 0 saturated heterocycles. The van der Waals surface area contributed by atoms with Crippen LogP contribution in [0, 0.1) is 0 Å². The molecular formula is C11H20O2. The minimum atomic E-state index is 0.872. The number of methoxy groups -OCH3 is 2. The molecule has 1 aliphatic carbocycles. The van der Waals surface area contributed by atoms with E-state index in [2.05, 4.69) is 13.0 Å². The van der Waals surface area contributed by atoms with E-state index in [9.17, 15) is 0 Å². The average molecular weight is 184 g/mol. The second kappa shape index (κ2) is 6.58. The molecule has 0 saturated carbocycles. The van der Waals surface area contributed by atoms with Crippen LogP contribution in [-0.2, 0) is 9.47 Å². The second-order valence-corrected chi connectivity index (χ2v) is 2.62. The zero-order valence-corrected chi connectivity index (χ0v) is 9.31. The Hall–Kier alpha value is -0.920. The highest BCUT2D eigenvalue weighted by molar-refractivity contribution is 5.28. The summed E-state index contributed by atoms with van der Waals surface area (Å²) in [6.07, 6.45) is 4.20. The van der Waals surface area contributed by atoms with Crippen LogP contribution in [0.4, 0.5) is 0 Å². The minimum Gasteiger partial charge on any atom is -0.493 e. The number of hydrogen-bond donors (Lipinski definition) is 0. The van der Waals surface area contributed by atoms with Crippen molar-refractivity contribution in [1.29, 1.82) is 0 Å². The zero-order valence-electron chi connectivity index (χ0n) is 9.31. The third-order valence-corrected chi connectivity index (χ3v) is 1.88. The Balaban J connectivity index is 0.000000671. The maximum absolute atomic E-state index is 5.19. The van der Waals surface area contributed by atoms with Gasteiger partial charge in [0.25, 0.3) is 0 Å². The van der Waals surface area contributed by atoms with Crippen LogP contribution < -0.4 is 0 Å². The maximum Gasteiger partial charge on any atom is 0.159 e. The van der Waals surface area contributed by atoms with Gasteiger partial charge in [0.15, 0.2) is 11.5 Å². The average Bonchev–Trinajstić information content (AvgIpc) is 2.20. The van der Waals surface area contributed by atoms with Gasteiger partial charge in [-0.1, -0.05) is 13.8 Å². The highest BCUT2D eigenvalue weighted by Crippen LogP contribution is 2.25. The molecule has 0 spiro atoms. The van der Waals surface area contributed by atoms with Crippen molar-refractivity contribution < 1.29 is 9.47 Å². The highest BCUT2D eigenvalue weighted by Gasteiger charge is 2.13. The molecule has 1 rings (SSSR count). The normalized spacial score (nSPS) is 15.6. The molecule has 0 aromatic heterocycles. The standard InChI is InChI=1S/C9H14O2.C2H6/c1-7-5-4-6-8(10-2)9(7)11-3;1-2/h6H,4-5H2,1-3H3;1-2H3. The third kappa shape index (κ3) is 3.13. The predicted octanol–water partition coefficient (Wildman–Crippen LogP) is 3.26. The van der Waals surface area contributed by atoms with Crippen LogP contribution in [0.2, 0.25) is 0 Å². The van der Waals surface area contributed by atoms with Gasteiger partial charge in [0.1, 0.15) is 0 Å². The van der Waals surface area contributed by atoms with Crippen molar-refractivity contribution in [2.24, 2.45) is 0 Å². The Labute approximate surface area is 81.2 Å². The summed E-state index contributed by atoms with van der Waals surface area (Å²) in [5, 5.41) is 0. The Kier molecular flexibility index (Phi) is 6.11. The summed E-state index contributed by atoms with van der Waals surface area (Å²) in [5.41, 5.74) is 1.27. The molecule has 0 N–H and O–H groups in total. The van der Waals surface area contributed by atoms with Crippen LogP contribution in [-0.4, -0.2) is 14.2 Å². The Morgan fingerprint density at radius 2 is 1.77 bits per heavy atom. The number of hydrogen-bond acceptors (Lipinski definition) is 2. The van der Waals surface area contributed by atoms with Gasteiger partial charge < -0.3 is 9.47 Å². The van der Waals surface area contributed by atoms with Gasteiger partial charge in [-0.2, -0.15) is 0 Å². The van der Waals surface area contributed by atoms with E-state index in [4.69, 9.17) is 9.47 Å². The summed E-state index contributed by atoms with van der Waals surface area (Å²) in [4.78, 5) is 0. The summed E-state index contributed by atoms with van der Waals surface area (Å²) >= 11 is 0. The Morgan fingerprint density at radius 3 is 2.15 bits per heavy atom. The van der Waals surface area contributed by atoms with E-state index in [0.717, 1.165) is 24.4 Å². The van der Waals surface area contributed by atoms with E-state index < -0.39 is 0 Å². The minimum absolute atomic E-state index is 0.872. The Morgan fingerprint density at radius 1 is 1.15 bits per heavy atom. The van der Waals surface area contributed by atoms with Gasteiger partial charge in [0, 0.05) is 0 Å². The van der Waals surface area contributed by atoms with Crippen LogP contribution in [0.15, 0.2) is 23.2 Å². The molecule has 76 valence electrons. The molecule has 0 aromatic rings. The molecule has 0 radical (unpaired) electrons. The fourth-order valence-electron chi connectivity index (χ4n) is 1.29. The first-order valence-electron chi connectivity index (χ1n) is 4.78. The largest absolute Gasteiger partial charge is 0.493 e. The van der Waals surface area contributed by atoms with Crippen LogP contribution in [0.5, 0.6) is 0 Å². The SMILES string of the molecule is CC.COC1=CCCC(C)=C1OC. The van der Waals surface area contributed by atoms with Crippen LogP contribution >= 0.6 is 0 Å². The summed E-state index contributed by atoms with van der Waals surface area (Å²) in [6, 6.07) is 0. The molecule has 2 nitrogen and oxygen atoms in total. The molecule has 0 heterocycles. The molecule has 0 atom stereocenters. The van der Waals surface area contributed by atoms with Crippen molar-refractivity contribution in [3.05, 3.63) is 23.2 Å². The van der Waals surface area contributed by atoms with E-state index in [1.54, 1.807) is 14.2 Å². The quantitative estimate of drug-likeness (QED) is 0.655. The van der Waals surface area contributed by atoms with Gasteiger partial charge >= 0.3 is 0 Å². The van der Waals surface area contributed by atoms with E-state index in [1.165, 1.54) is 5.57 Å². The number of rotatable bonds is 2. The lowest BCUT2D eigenvalue weighted by molar-refractivity contribution is 0.212. The van der Waals surface area contributed by atoms with Gasteiger partial charge in [-0.15, -0.1) is 0 Å². The van der Waals surface area contributed by atoms with Crippen LogP contribution in [0.25, 0.3) is 0 Å². The summed E-state index contributed by atoms with van der Waals surface area (Å²) in [6.45, 7) is 6.07. The maximum atomic E-state index is 5.19. The van der Waals surface area contributed by atoms with Crippen molar-refractivity contribution in [2.45, 2.75) is 33.6 Å². The molecule has 1 aliphatic rings. The monoisotopic (exact) mass is 184 g/mol. The Bertz CT molecular complexity index is 202. The van der Waals surface area contributed by atoms with Gasteiger partial charge in [-0.25, -0.2) is 0 Å². The molecule has 2 heteroatoms. The second-order valence-electron chi connectivity index (χ2n) is 2.62. The summed E-state index contributed by atoms with van der Waals surface area (Å²) in [7, 11) is 3.35. The lowest BCUT2D eigenvalue weighted by Gasteiger charge is -2.16. The van der Waals surface area contributed by atoms with Gasteiger partial charge in [0.2, 0.25) is 0 Å². The van der Waals surface area contributed by atoms with Crippen molar-refractivity contribution in [3.63, 3.8) is 0 Å². The van der Waals surface area contributed by atoms with E-state index in [-0.39, 0.29) is 0 Å². The summed E-state index contributed by atoms with van der Waals surface area (Å²) in [5.74, 6) is 1.77. The van der Waals surface area contributed by atoms with Crippen molar-refractivity contribution in [1.82, 2.24) is 0 Å². The smallest absolute Gasteiger partial charge is 0.159 e. The molecular weight excluding hydrogens is 164 g/mol. The fraction of sp³-hybridized carbons (Fsp3) is 0.636. The predicted molar refractivity (Wildman–Crippen MR) is 55.4 cm³/mol. The first kappa shape index (κ1) is 12.1. The molecule has 0 fully saturated rings. The van der Waals surface area contributed by atoms with Crippen molar-refractivity contribution in [2.75, 3.05) is 14.2 Å². The van der Waals surface area contributed by atoms with Crippen LogP contribution in [0.1, 0.15) is 33.6 Å². The lowest BCUT2D eigenvalue weighted by atomic mass is 10.0. The molecule has 0 unspecified atom stereocenters. The zero-order chi connectivity index (χ0) is 10.3. The molecule has 0 aliphatic heterocycles. The molecule has 0 amide bonds. The molecule has 0 aromatic carbocycles. The third-order valence-electron chi connectivity index (χ3n) is 1.88. The van der Waals surface area contributed by atoms with Crippen molar-refractivity contribution >= 4 is 0 Å². The van der Waals surface area contributed by atoms with Crippen molar-refractivity contribution in [3.8, 4) is 0 Å². The van der Waals surface area contributed by atoms with E-state index >= 15 is 0 Å². The van der Waals surface area contributed by atoms with E-state index in [0.29, 0.717) is 0 Å². The number of ether oxygens (including phenoxy) is 2. The summed E-state index contributed by atoms with van der Waals surface area (Å²) < 4.78 is 10.3. The molecule has 0 bridgehead atoms. The van der Waals surface area contributed by atoms with Gasteiger partial charge in [0.05, 0.1) is 14.2 Å². The highest BCUT2D eigenvalue weighted by atomic mass is 16.5. The topological polar surface area (TPSA) is 18.5 Å². The first-order valence-corrected chi connectivity index (χ1v) is 4.78. The molecule has 13 heavy (non-hydrogen) atoms. The van der Waals surface area contributed by atoms with E-state index in [1.807, 2.05) is 13.8 Å².